The van der Waals surface area contributed by atoms with Crippen LogP contribution in [0.3, 0.4) is 0 Å². The van der Waals surface area contributed by atoms with E-state index in [0.29, 0.717) is 6.04 Å². The second-order valence-corrected chi connectivity index (χ2v) is 5.61. The average molecular weight is 258 g/mol. The molecule has 0 bridgehead atoms. The molecule has 19 heavy (non-hydrogen) atoms. The predicted molar refractivity (Wildman–Crippen MR) is 79.1 cm³/mol. The van der Waals surface area contributed by atoms with Crippen LogP contribution in [0.4, 0.5) is 5.69 Å². The van der Waals surface area contributed by atoms with Crippen LogP contribution in [-0.2, 0) is 0 Å². The van der Waals surface area contributed by atoms with Crippen molar-refractivity contribution < 1.29 is 0 Å². The number of nitrogen functional groups attached to an aromatic ring is 1. The van der Waals surface area contributed by atoms with E-state index in [2.05, 4.69) is 27.4 Å². The molecule has 0 saturated carbocycles. The smallest absolute Gasteiger partial charge is 0.0961 e. The van der Waals surface area contributed by atoms with Gasteiger partial charge in [-0.15, -0.1) is 0 Å². The zero-order chi connectivity index (χ0) is 13.2. The lowest BCUT2D eigenvalue weighted by Gasteiger charge is -2.29. The van der Waals surface area contributed by atoms with Crippen LogP contribution in [0.15, 0.2) is 24.5 Å². The molecule has 102 valence electrons. The first kappa shape index (κ1) is 12.5. The Labute approximate surface area is 114 Å². The highest BCUT2D eigenvalue weighted by Crippen LogP contribution is 2.21. The molecule has 0 spiro atoms. The van der Waals surface area contributed by atoms with Gasteiger partial charge in [0.2, 0.25) is 0 Å². The molecule has 1 fully saturated rings. The zero-order valence-corrected chi connectivity index (χ0v) is 11.5. The summed E-state index contributed by atoms with van der Waals surface area (Å²) < 4.78 is 2.27. The number of hydrogen-bond donors (Lipinski definition) is 1. The molecule has 1 aliphatic heterocycles. The van der Waals surface area contributed by atoms with Gasteiger partial charge in [-0.1, -0.05) is 6.42 Å². The largest absolute Gasteiger partial charge is 0.399 e. The third kappa shape index (κ3) is 2.59. The van der Waals surface area contributed by atoms with Gasteiger partial charge in [-0.25, -0.2) is 4.98 Å². The minimum Gasteiger partial charge on any atom is -0.399 e. The second-order valence-electron chi connectivity index (χ2n) is 5.61. The number of hydrogen-bond acceptors (Lipinski definition) is 3. The van der Waals surface area contributed by atoms with Gasteiger partial charge in [0.1, 0.15) is 0 Å². The molecule has 1 atom stereocenters. The fourth-order valence-electron chi connectivity index (χ4n) is 3.00. The molecule has 4 nitrogen and oxygen atoms in total. The number of nitrogens with two attached hydrogens (primary N) is 1. The fraction of sp³-hybridized carbons (Fsp3) is 0.533. The molecule has 2 aromatic rings. The summed E-state index contributed by atoms with van der Waals surface area (Å²) in [6.07, 6.45) is 6.01. The Morgan fingerprint density at radius 3 is 2.84 bits per heavy atom. The van der Waals surface area contributed by atoms with Crippen LogP contribution in [-0.4, -0.2) is 34.1 Å². The number of rotatable bonds is 3. The maximum absolute atomic E-state index is 5.80. The van der Waals surface area contributed by atoms with Crippen molar-refractivity contribution in [2.45, 2.75) is 32.2 Å². The van der Waals surface area contributed by atoms with Crippen molar-refractivity contribution in [3.63, 3.8) is 0 Å². The highest BCUT2D eigenvalue weighted by Gasteiger charge is 2.15. The van der Waals surface area contributed by atoms with Gasteiger partial charge >= 0.3 is 0 Å². The minimum atomic E-state index is 0.451. The monoisotopic (exact) mass is 258 g/mol. The summed E-state index contributed by atoms with van der Waals surface area (Å²) in [7, 11) is 0. The van der Waals surface area contributed by atoms with Crippen LogP contribution in [0.1, 0.15) is 32.2 Å². The Hall–Kier alpha value is -1.55. The minimum absolute atomic E-state index is 0.451. The summed E-state index contributed by atoms with van der Waals surface area (Å²) in [5.74, 6) is 0. The molecular weight excluding hydrogens is 236 g/mol. The molecule has 0 radical (unpaired) electrons. The lowest BCUT2D eigenvalue weighted by atomic mass is 10.1. The Morgan fingerprint density at radius 2 is 2.05 bits per heavy atom. The third-order valence-electron chi connectivity index (χ3n) is 4.04. The van der Waals surface area contributed by atoms with Gasteiger partial charge in [-0.05, 0) is 51.1 Å². The first-order chi connectivity index (χ1) is 9.24. The molecule has 1 unspecified atom stereocenters. The molecule has 1 aliphatic rings. The van der Waals surface area contributed by atoms with Gasteiger partial charge in [0, 0.05) is 18.3 Å². The van der Waals surface area contributed by atoms with E-state index in [0.717, 1.165) is 17.7 Å². The Kier molecular flexibility index (Phi) is 3.42. The third-order valence-corrected chi connectivity index (χ3v) is 4.04. The van der Waals surface area contributed by atoms with E-state index < -0.39 is 0 Å². The SMILES string of the molecule is CC(CN1CCCCC1)n1cnc2cc(N)ccc21. The van der Waals surface area contributed by atoms with Crippen LogP contribution in [0, 0.1) is 0 Å². The molecule has 1 saturated heterocycles. The molecule has 0 aliphatic carbocycles. The second kappa shape index (κ2) is 5.21. The summed E-state index contributed by atoms with van der Waals surface area (Å²) in [6, 6.07) is 6.42. The lowest BCUT2D eigenvalue weighted by molar-refractivity contribution is 0.203. The van der Waals surface area contributed by atoms with Crippen molar-refractivity contribution in [2.24, 2.45) is 0 Å². The van der Waals surface area contributed by atoms with Gasteiger partial charge in [0.25, 0.3) is 0 Å². The summed E-state index contributed by atoms with van der Waals surface area (Å²) in [5.41, 5.74) is 8.75. The number of nitrogens with zero attached hydrogens (tertiary/aromatic N) is 3. The Bertz CT molecular complexity index is 554. The molecule has 2 N–H and O–H groups in total. The number of piperidine rings is 1. The van der Waals surface area contributed by atoms with Crippen molar-refractivity contribution in [1.82, 2.24) is 14.5 Å². The summed E-state index contributed by atoms with van der Waals surface area (Å²) in [5, 5.41) is 0. The molecule has 1 aromatic carbocycles. The van der Waals surface area contributed by atoms with E-state index in [9.17, 15) is 0 Å². The van der Waals surface area contributed by atoms with Crippen LogP contribution < -0.4 is 5.73 Å². The topological polar surface area (TPSA) is 47.1 Å². The first-order valence-electron chi connectivity index (χ1n) is 7.18. The van der Waals surface area contributed by atoms with Crippen LogP contribution in [0.25, 0.3) is 11.0 Å². The number of fused-ring (bicyclic) bond motifs is 1. The quantitative estimate of drug-likeness (QED) is 0.861. The van der Waals surface area contributed by atoms with E-state index in [1.807, 2.05) is 18.5 Å². The van der Waals surface area contributed by atoms with Crippen LogP contribution in [0.2, 0.25) is 0 Å². The fourth-order valence-corrected chi connectivity index (χ4v) is 3.00. The first-order valence-corrected chi connectivity index (χ1v) is 7.18. The highest BCUT2D eigenvalue weighted by molar-refractivity contribution is 5.79. The number of anilines is 1. The predicted octanol–water partition coefficient (Wildman–Crippen LogP) is 2.67. The maximum Gasteiger partial charge on any atom is 0.0961 e. The van der Waals surface area contributed by atoms with Gasteiger partial charge in [0.15, 0.2) is 0 Å². The van der Waals surface area contributed by atoms with Crippen molar-refractivity contribution in [3.8, 4) is 0 Å². The van der Waals surface area contributed by atoms with Gasteiger partial charge in [0.05, 0.1) is 17.4 Å². The molecule has 0 amide bonds. The van der Waals surface area contributed by atoms with Gasteiger partial charge in [-0.2, -0.15) is 0 Å². The maximum atomic E-state index is 5.80. The zero-order valence-electron chi connectivity index (χ0n) is 11.5. The highest BCUT2D eigenvalue weighted by atomic mass is 15.2. The molecule has 4 heteroatoms. The number of benzene rings is 1. The summed E-state index contributed by atoms with van der Waals surface area (Å²) in [4.78, 5) is 7.02. The van der Waals surface area contributed by atoms with E-state index in [1.165, 1.54) is 37.9 Å². The van der Waals surface area contributed by atoms with E-state index in [-0.39, 0.29) is 0 Å². The molecule has 2 heterocycles. The number of likely N-dealkylation sites (tertiary alicyclic amines) is 1. The van der Waals surface area contributed by atoms with Crippen molar-refractivity contribution in [1.29, 1.82) is 0 Å². The normalized spacial score (nSPS) is 18.8. The number of aromatic nitrogens is 2. The molecule has 1 aromatic heterocycles. The van der Waals surface area contributed by atoms with Gasteiger partial charge < -0.3 is 15.2 Å². The standard InChI is InChI=1S/C15H22N4/c1-12(10-18-7-3-2-4-8-18)19-11-17-14-9-13(16)5-6-15(14)19/h5-6,9,11-12H,2-4,7-8,10,16H2,1H3. The lowest BCUT2D eigenvalue weighted by Crippen LogP contribution is -2.34. The Balaban J connectivity index is 1.79. The molecule has 3 rings (SSSR count). The van der Waals surface area contributed by atoms with Crippen molar-refractivity contribution in [3.05, 3.63) is 24.5 Å². The van der Waals surface area contributed by atoms with Crippen LogP contribution in [0.5, 0.6) is 0 Å². The van der Waals surface area contributed by atoms with E-state index >= 15 is 0 Å². The average Bonchev–Trinajstić information content (AvgIpc) is 2.82. The van der Waals surface area contributed by atoms with Crippen LogP contribution >= 0.6 is 0 Å². The Morgan fingerprint density at radius 1 is 1.26 bits per heavy atom. The van der Waals surface area contributed by atoms with Gasteiger partial charge in [-0.3, -0.25) is 0 Å². The summed E-state index contributed by atoms with van der Waals surface area (Å²) >= 11 is 0. The summed E-state index contributed by atoms with van der Waals surface area (Å²) in [6.45, 7) is 5.86. The molecular formula is C15H22N4. The number of imidazole rings is 1. The van der Waals surface area contributed by atoms with Crippen molar-refractivity contribution >= 4 is 16.7 Å². The van der Waals surface area contributed by atoms with Crippen molar-refractivity contribution in [2.75, 3.05) is 25.4 Å². The van der Waals surface area contributed by atoms with E-state index in [1.54, 1.807) is 0 Å². The van der Waals surface area contributed by atoms with E-state index in [4.69, 9.17) is 5.73 Å².